The van der Waals surface area contributed by atoms with Gasteiger partial charge in [-0.3, -0.25) is 4.90 Å². The van der Waals surface area contributed by atoms with Crippen molar-refractivity contribution in [2.75, 3.05) is 40.5 Å². The molecule has 104 valence electrons. The average molecular weight is 246 g/mol. The van der Waals surface area contributed by atoms with Gasteiger partial charge in [0.2, 0.25) is 0 Å². The highest BCUT2D eigenvalue weighted by Gasteiger charge is 2.22. The maximum absolute atomic E-state index is 5.90. The van der Waals surface area contributed by atoms with Gasteiger partial charge in [0, 0.05) is 39.4 Å². The number of hydrogen-bond donors (Lipinski definition) is 1. The van der Waals surface area contributed by atoms with E-state index in [4.69, 9.17) is 15.2 Å². The molecule has 4 heteroatoms. The van der Waals surface area contributed by atoms with Gasteiger partial charge in [-0.15, -0.1) is 0 Å². The molecule has 2 atom stereocenters. The van der Waals surface area contributed by atoms with Crippen molar-refractivity contribution in [2.45, 2.75) is 39.3 Å². The van der Waals surface area contributed by atoms with Crippen molar-refractivity contribution >= 4 is 0 Å². The zero-order valence-electron chi connectivity index (χ0n) is 12.1. The van der Waals surface area contributed by atoms with E-state index in [0.29, 0.717) is 24.5 Å². The molecule has 0 aliphatic heterocycles. The second kappa shape index (κ2) is 9.83. The molecule has 0 aliphatic rings. The van der Waals surface area contributed by atoms with Crippen LogP contribution in [0.3, 0.4) is 0 Å². The highest BCUT2D eigenvalue weighted by atomic mass is 16.5. The van der Waals surface area contributed by atoms with E-state index in [1.165, 1.54) is 0 Å². The summed E-state index contributed by atoms with van der Waals surface area (Å²) in [5, 5.41) is 0. The third-order valence-corrected chi connectivity index (χ3v) is 3.01. The monoisotopic (exact) mass is 246 g/mol. The summed E-state index contributed by atoms with van der Waals surface area (Å²) >= 11 is 0. The Morgan fingerprint density at radius 2 is 1.76 bits per heavy atom. The molecular weight excluding hydrogens is 216 g/mol. The van der Waals surface area contributed by atoms with Crippen molar-refractivity contribution in [3.05, 3.63) is 0 Å². The molecule has 0 aromatic carbocycles. The highest BCUT2D eigenvalue weighted by Crippen LogP contribution is 2.14. The van der Waals surface area contributed by atoms with Crippen LogP contribution in [0, 0.1) is 5.92 Å². The van der Waals surface area contributed by atoms with Gasteiger partial charge in [-0.1, -0.05) is 13.8 Å². The van der Waals surface area contributed by atoms with Gasteiger partial charge >= 0.3 is 0 Å². The van der Waals surface area contributed by atoms with E-state index in [2.05, 4.69) is 25.7 Å². The molecule has 0 aromatic heterocycles. The lowest BCUT2D eigenvalue weighted by Gasteiger charge is -2.36. The number of nitrogens with two attached hydrogens (primary N) is 1. The lowest BCUT2D eigenvalue weighted by Crippen LogP contribution is -2.49. The van der Waals surface area contributed by atoms with E-state index >= 15 is 0 Å². The summed E-state index contributed by atoms with van der Waals surface area (Å²) < 4.78 is 10.4. The van der Waals surface area contributed by atoms with Gasteiger partial charge in [-0.2, -0.15) is 0 Å². The van der Waals surface area contributed by atoms with Crippen LogP contribution in [-0.4, -0.2) is 57.5 Å². The first-order valence-corrected chi connectivity index (χ1v) is 6.50. The van der Waals surface area contributed by atoms with Crippen LogP contribution < -0.4 is 5.73 Å². The van der Waals surface area contributed by atoms with Crippen molar-refractivity contribution in [1.29, 1.82) is 0 Å². The standard InChI is InChI=1S/C13H30N2O2/c1-11(2)8-13(9-14)15(6-7-16-4)12(3)10-17-5/h11-13H,6-10,14H2,1-5H3. The van der Waals surface area contributed by atoms with E-state index in [-0.39, 0.29) is 0 Å². The topological polar surface area (TPSA) is 47.7 Å². The number of rotatable bonds is 10. The molecule has 0 amide bonds. The first-order chi connectivity index (χ1) is 8.06. The van der Waals surface area contributed by atoms with Crippen LogP contribution in [0.4, 0.5) is 0 Å². The van der Waals surface area contributed by atoms with Crippen LogP contribution in [0.25, 0.3) is 0 Å². The molecule has 0 spiro atoms. The van der Waals surface area contributed by atoms with Gasteiger partial charge in [0.1, 0.15) is 0 Å². The Morgan fingerprint density at radius 1 is 1.12 bits per heavy atom. The van der Waals surface area contributed by atoms with Crippen LogP contribution >= 0.6 is 0 Å². The Morgan fingerprint density at radius 3 is 2.18 bits per heavy atom. The van der Waals surface area contributed by atoms with Crippen molar-refractivity contribution < 1.29 is 9.47 Å². The van der Waals surface area contributed by atoms with Gasteiger partial charge in [0.15, 0.2) is 0 Å². The molecule has 0 aliphatic carbocycles. The molecule has 2 N–H and O–H groups in total. The molecule has 0 aromatic rings. The second-order valence-electron chi connectivity index (χ2n) is 5.05. The fourth-order valence-corrected chi connectivity index (χ4v) is 2.21. The van der Waals surface area contributed by atoms with Crippen LogP contribution in [0.1, 0.15) is 27.2 Å². The Labute approximate surface area is 106 Å². The summed E-state index contributed by atoms with van der Waals surface area (Å²) in [6, 6.07) is 0.790. The lowest BCUT2D eigenvalue weighted by molar-refractivity contribution is 0.0431. The van der Waals surface area contributed by atoms with Crippen molar-refractivity contribution in [3.63, 3.8) is 0 Å². The minimum absolute atomic E-state index is 0.377. The summed E-state index contributed by atoms with van der Waals surface area (Å²) in [7, 11) is 3.48. The average Bonchev–Trinajstić information content (AvgIpc) is 2.27. The molecule has 0 radical (unpaired) electrons. The van der Waals surface area contributed by atoms with E-state index in [1.54, 1.807) is 14.2 Å². The quantitative estimate of drug-likeness (QED) is 0.632. The zero-order valence-corrected chi connectivity index (χ0v) is 12.1. The van der Waals surface area contributed by atoms with E-state index < -0.39 is 0 Å². The molecule has 0 rings (SSSR count). The predicted octanol–water partition coefficient (Wildman–Crippen LogP) is 1.34. The molecule has 0 saturated heterocycles. The highest BCUT2D eigenvalue weighted by molar-refractivity contribution is 4.78. The van der Waals surface area contributed by atoms with Gasteiger partial charge in [0.25, 0.3) is 0 Å². The third kappa shape index (κ3) is 6.99. The SMILES string of the molecule is COCCN(C(C)COC)C(CN)CC(C)C. The number of nitrogens with zero attached hydrogens (tertiary/aromatic N) is 1. The molecule has 0 heterocycles. The minimum atomic E-state index is 0.377. The van der Waals surface area contributed by atoms with E-state index in [9.17, 15) is 0 Å². The maximum atomic E-state index is 5.90. The lowest BCUT2D eigenvalue weighted by atomic mass is 10.0. The molecule has 2 unspecified atom stereocenters. The Bertz CT molecular complexity index is 177. The summed E-state index contributed by atoms with van der Waals surface area (Å²) in [6.45, 7) is 9.73. The fraction of sp³-hybridized carbons (Fsp3) is 1.00. The smallest absolute Gasteiger partial charge is 0.0615 e. The van der Waals surface area contributed by atoms with E-state index in [0.717, 1.165) is 26.2 Å². The van der Waals surface area contributed by atoms with Gasteiger partial charge < -0.3 is 15.2 Å². The minimum Gasteiger partial charge on any atom is -0.383 e. The molecule has 4 nitrogen and oxygen atoms in total. The largest absolute Gasteiger partial charge is 0.383 e. The normalized spacial score (nSPS) is 15.5. The van der Waals surface area contributed by atoms with Crippen molar-refractivity contribution in [1.82, 2.24) is 4.90 Å². The molecular formula is C13H30N2O2. The molecule has 17 heavy (non-hydrogen) atoms. The summed E-state index contributed by atoms with van der Waals surface area (Å²) in [6.07, 6.45) is 1.12. The van der Waals surface area contributed by atoms with E-state index in [1.807, 2.05) is 0 Å². The Kier molecular flexibility index (Phi) is 9.74. The van der Waals surface area contributed by atoms with Crippen LogP contribution in [-0.2, 0) is 9.47 Å². The van der Waals surface area contributed by atoms with Crippen LogP contribution in [0.5, 0.6) is 0 Å². The summed E-state index contributed by atoms with van der Waals surface area (Å²) in [5.41, 5.74) is 5.90. The van der Waals surface area contributed by atoms with Crippen LogP contribution in [0.15, 0.2) is 0 Å². The third-order valence-electron chi connectivity index (χ3n) is 3.01. The first kappa shape index (κ1) is 16.8. The summed E-state index contributed by atoms with van der Waals surface area (Å²) in [4.78, 5) is 2.41. The molecule has 0 fully saturated rings. The van der Waals surface area contributed by atoms with Gasteiger partial charge in [0.05, 0.1) is 13.2 Å². The number of methoxy groups -OCH3 is 2. The van der Waals surface area contributed by atoms with Gasteiger partial charge in [-0.25, -0.2) is 0 Å². The fourth-order valence-electron chi connectivity index (χ4n) is 2.21. The summed E-state index contributed by atoms with van der Waals surface area (Å²) in [5.74, 6) is 0.656. The van der Waals surface area contributed by atoms with Crippen molar-refractivity contribution in [3.8, 4) is 0 Å². The number of ether oxygens (including phenoxy) is 2. The predicted molar refractivity (Wildman–Crippen MR) is 72.2 cm³/mol. The maximum Gasteiger partial charge on any atom is 0.0615 e. The van der Waals surface area contributed by atoms with Gasteiger partial charge in [-0.05, 0) is 19.3 Å². The Balaban J connectivity index is 4.48. The zero-order chi connectivity index (χ0) is 13.3. The van der Waals surface area contributed by atoms with Crippen LogP contribution in [0.2, 0.25) is 0 Å². The van der Waals surface area contributed by atoms with Crippen molar-refractivity contribution in [2.24, 2.45) is 11.7 Å². The molecule has 0 saturated carbocycles. The number of hydrogen-bond acceptors (Lipinski definition) is 4. The Hall–Kier alpha value is -0.160. The second-order valence-corrected chi connectivity index (χ2v) is 5.05. The molecule has 0 bridgehead atoms. The first-order valence-electron chi connectivity index (χ1n) is 6.50.